The van der Waals surface area contributed by atoms with Crippen molar-refractivity contribution in [1.82, 2.24) is 0 Å². The van der Waals surface area contributed by atoms with Gasteiger partial charge in [-0.05, 0) is 37.1 Å². The number of aliphatic hydroxyl groups excluding tert-OH is 2. The average Bonchev–Trinajstić information content (AvgIpc) is 2.45. The Morgan fingerprint density at radius 2 is 1.50 bits per heavy atom. The molecule has 0 aliphatic carbocycles. The molecule has 0 atom stereocenters. The highest BCUT2D eigenvalue weighted by Crippen LogP contribution is 2.17. The van der Waals surface area contributed by atoms with Gasteiger partial charge in [-0.25, -0.2) is 0 Å². The van der Waals surface area contributed by atoms with Crippen LogP contribution in [0, 0.1) is 13.8 Å². The number of phenolic OH excluding ortho intramolecular Hbond substituents is 1. The van der Waals surface area contributed by atoms with Gasteiger partial charge in [-0.3, -0.25) is 0 Å². The smallest absolute Gasteiger partial charge is 0.121 e. The van der Waals surface area contributed by atoms with Crippen LogP contribution in [0.2, 0.25) is 0 Å². The molecule has 4 nitrogen and oxygen atoms in total. The van der Waals surface area contributed by atoms with E-state index in [0.717, 1.165) is 16.7 Å². The van der Waals surface area contributed by atoms with Crippen molar-refractivity contribution in [2.24, 2.45) is 0 Å². The summed E-state index contributed by atoms with van der Waals surface area (Å²) < 4.78 is 0. The second kappa shape index (κ2) is 7.53. The van der Waals surface area contributed by atoms with Gasteiger partial charge in [0.25, 0.3) is 0 Å². The van der Waals surface area contributed by atoms with E-state index in [1.807, 2.05) is 13.8 Å². The summed E-state index contributed by atoms with van der Waals surface area (Å²) in [4.78, 5) is 0. The van der Waals surface area contributed by atoms with Crippen LogP contribution in [0.5, 0.6) is 11.5 Å². The predicted octanol–water partition coefficient (Wildman–Crippen LogP) is 2.39. The molecule has 20 heavy (non-hydrogen) atoms. The number of phenols is 2. The number of benzene rings is 2. The standard InChI is InChI=1S/2C8H10O2/c1-6-2-3-7(5-9)4-8(6)10;1-6-2-3-8(10)7(4-6)5-9/h2*2-4,9-10H,5H2,1H3. The van der Waals surface area contributed by atoms with Gasteiger partial charge in [-0.1, -0.05) is 29.8 Å². The van der Waals surface area contributed by atoms with E-state index < -0.39 is 0 Å². The Kier molecular flexibility index (Phi) is 6.03. The van der Waals surface area contributed by atoms with Crippen molar-refractivity contribution in [2.45, 2.75) is 27.1 Å². The highest BCUT2D eigenvalue weighted by molar-refractivity contribution is 5.35. The quantitative estimate of drug-likeness (QED) is 0.679. The summed E-state index contributed by atoms with van der Waals surface area (Å²) in [6, 6.07) is 10.3. The van der Waals surface area contributed by atoms with Crippen LogP contribution in [0.1, 0.15) is 22.3 Å². The van der Waals surface area contributed by atoms with Crippen molar-refractivity contribution in [3.05, 3.63) is 58.7 Å². The normalized spacial score (nSPS) is 9.80. The first-order chi connectivity index (χ1) is 9.47. The van der Waals surface area contributed by atoms with Gasteiger partial charge in [0.15, 0.2) is 0 Å². The number of rotatable bonds is 2. The van der Waals surface area contributed by atoms with Crippen molar-refractivity contribution in [2.75, 3.05) is 0 Å². The minimum absolute atomic E-state index is 0.0200. The topological polar surface area (TPSA) is 80.9 Å². The molecule has 0 aliphatic rings. The first-order valence-corrected chi connectivity index (χ1v) is 6.26. The monoisotopic (exact) mass is 276 g/mol. The Morgan fingerprint density at radius 3 is 2.00 bits per heavy atom. The molecule has 0 saturated heterocycles. The average molecular weight is 276 g/mol. The summed E-state index contributed by atoms with van der Waals surface area (Å²) in [5.41, 5.74) is 3.20. The number of aromatic hydroxyl groups is 2. The van der Waals surface area contributed by atoms with Crippen LogP contribution in [-0.4, -0.2) is 20.4 Å². The van der Waals surface area contributed by atoms with Crippen LogP contribution in [0.25, 0.3) is 0 Å². The molecule has 4 N–H and O–H groups in total. The predicted molar refractivity (Wildman–Crippen MR) is 77.5 cm³/mol. The van der Waals surface area contributed by atoms with Crippen molar-refractivity contribution in [1.29, 1.82) is 0 Å². The van der Waals surface area contributed by atoms with Crippen LogP contribution in [0.15, 0.2) is 36.4 Å². The molecule has 0 aromatic heterocycles. The van der Waals surface area contributed by atoms with Crippen LogP contribution >= 0.6 is 0 Å². The molecule has 4 heteroatoms. The molecule has 0 fully saturated rings. The molecule has 0 spiro atoms. The highest BCUT2D eigenvalue weighted by atomic mass is 16.3. The summed E-state index contributed by atoms with van der Waals surface area (Å²) in [5, 5.41) is 35.5. The van der Waals surface area contributed by atoms with E-state index in [9.17, 15) is 0 Å². The molecule has 0 bridgehead atoms. The van der Waals surface area contributed by atoms with Gasteiger partial charge in [0, 0.05) is 5.56 Å². The Hall–Kier alpha value is -2.04. The first-order valence-electron chi connectivity index (χ1n) is 6.26. The lowest BCUT2D eigenvalue weighted by Gasteiger charge is -2.00. The van der Waals surface area contributed by atoms with Crippen LogP contribution in [0.4, 0.5) is 0 Å². The molecule has 0 unspecified atom stereocenters. The molecule has 2 aromatic carbocycles. The maximum atomic E-state index is 9.12. The summed E-state index contributed by atoms with van der Waals surface area (Å²) in [5.74, 6) is 0.402. The van der Waals surface area contributed by atoms with Crippen molar-refractivity contribution < 1.29 is 20.4 Å². The maximum Gasteiger partial charge on any atom is 0.121 e. The third-order valence-corrected chi connectivity index (χ3v) is 2.86. The van der Waals surface area contributed by atoms with E-state index >= 15 is 0 Å². The molecule has 2 rings (SSSR count). The second-order valence-electron chi connectivity index (χ2n) is 4.57. The van der Waals surface area contributed by atoms with Crippen LogP contribution in [0.3, 0.4) is 0 Å². The summed E-state index contributed by atoms with van der Waals surface area (Å²) in [7, 11) is 0. The molecular formula is C16H20O4. The van der Waals surface area contributed by atoms with Crippen molar-refractivity contribution in [3.8, 4) is 11.5 Å². The highest BCUT2D eigenvalue weighted by Gasteiger charge is 1.97. The van der Waals surface area contributed by atoms with E-state index in [-0.39, 0.29) is 24.7 Å². The minimum atomic E-state index is -0.104. The van der Waals surface area contributed by atoms with Gasteiger partial charge in [0.05, 0.1) is 13.2 Å². The van der Waals surface area contributed by atoms with E-state index in [1.54, 1.807) is 36.4 Å². The van der Waals surface area contributed by atoms with E-state index in [4.69, 9.17) is 20.4 Å². The zero-order valence-corrected chi connectivity index (χ0v) is 11.7. The fourth-order valence-electron chi connectivity index (χ4n) is 1.59. The fraction of sp³-hybridized carbons (Fsp3) is 0.250. The van der Waals surface area contributed by atoms with Crippen LogP contribution < -0.4 is 0 Å². The van der Waals surface area contributed by atoms with Crippen molar-refractivity contribution >= 4 is 0 Å². The zero-order valence-electron chi connectivity index (χ0n) is 11.7. The number of hydrogen-bond donors (Lipinski definition) is 4. The second-order valence-corrected chi connectivity index (χ2v) is 4.57. The Bertz CT molecular complexity index is 564. The van der Waals surface area contributed by atoms with E-state index in [1.165, 1.54) is 0 Å². The Balaban J connectivity index is 0.000000200. The largest absolute Gasteiger partial charge is 0.508 e. The van der Waals surface area contributed by atoms with Crippen molar-refractivity contribution in [3.63, 3.8) is 0 Å². The molecular weight excluding hydrogens is 256 g/mol. The first kappa shape index (κ1) is 16.0. The number of aliphatic hydroxyl groups is 2. The molecule has 108 valence electrons. The maximum absolute atomic E-state index is 9.12. The number of hydrogen-bond acceptors (Lipinski definition) is 4. The third kappa shape index (κ3) is 4.57. The zero-order chi connectivity index (χ0) is 15.1. The lowest BCUT2D eigenvalue weighted by atomic mass is 10.1. The third-order valence-electron chi connectivity index (χ3n) is 2.86. The summed E-state index contributed by atoms with van der Waals surface area (Å²) >= 11 is 0. The van der Waals surface area contributed by atoms with E-state index in [0.29, 0.717) is 5.56 Å². The molecule has 2 aromatic rings. The summed E-state index contributed by atoms with van der Waals surface area (Å²) in [6.07, 6.45) is 0. The Morgan fingerprint density at radius 1 is 0.800 bits per heavy atom. The summed E-state index contributed by atoms with van der Waals surface area (Å²) in [6.45, 7) is 3.61. The van der Waals surface area contributed by atoms with Gasteiger partial charge >= 0.3 is 0 Å². The Labute approximate surface area is 118 Å². The lowest BCUT2D eigenvalue weighted by molar-refractivity contribution is 0.275. The molecule has 0 aliphatic heterocycles. The molecule has 0 radical (unpaired) electrons. The molecule has 0 amide bonds. The molecule has 0 saturated carbocycles. The SMILES string of the molecule is Cc1ccc(CO)cc1O.Cc1ccc(O)c(CO)c1. The lowest BCUT2D eigenvalue weighted by Crippen LogP contribution is -1.84. The van der Waals surface area contributed by atoms with Gasteiger partial charge < -0.3 is 20.4 Å². The van der Waals surface area contributed by atoms with Gasteiger partial charge in [-0.15, -0.1) is 0 Å². The van der Waals surface area contributed by atoms with Gasteiger partial charge in [0.1, 0.15) is 11.5 Å². The number of aryl methyl sites for hydroxylation is 2. The fourth-order valence-corrected chi connectivity index (χ4v) is 1.59. The van der Waals surface area contributed by atoms with Gasteiger partial charge in [0.2, 0.25) is 0 Å². The minimum Gasteiger partial charge on any atom is -0.508 e. The van der Waals surface area contributed by atoms with Crippen LogP contribution in [-0.2, 0) is 13.2 Å². The molecule has 0 heterocycles. The van der Waals surface area contributed by atoms with E-state index in [2.05, 4.69) is 0 Å². The van der Waals surface area contributed by atoms with Gasteiger partial charge in [-0.2, -0.15) is 0 Å².